The van der Waals surface area contributed by atoms with E-state index in [4.69, 9.17) is 4.74 Å². The van der Waals surface area contributed by atoms with Gasteiger partial charge in [-0.1, -0.05) is 13.3 Å². The van der Waals surface area contributed by atoms with Crippen molar-refractivity contribution in [2.24, 2.45) is 5.92 Å². The summed E-state index contributed by atoms with van der Waals surface area (Å²) in [7, 11) is 1.81. The number of rotatable bonds is 8. The molecule has 1 saturated heterocycles. The van der Waals surface area contributed by atoms with E-state index < -0.39 is 0 Å². The predicted molar refractivity (Wildman–Crippen MR) is 68.8 cm³/mol. The number of ether oxygens (including phenoxy) is 1. The second-order valence-corrected chi connectivity index (χ2v) is 4.87. The van der Waals surface area contributed by atoms with E-state index in [0.29, 0.717) is 0 Å². The van der Waals surface area contributed by atoms with Crippen LogP contribution in [0.4, 0.5) is 0 Å². The van der Waals surface area contributed by atoms with Crippen LogP contribution in [0.15, 0.2) is 0 Å². The monoisotopic (exact) mass is 228 g/mol. The van der Waals surface area contributed by atoms with E-state index in [9.17, 15) is 0 Å². The van der Waals surface area contributed by atoms with Gasteiger partial charge in [-0.2, -0.15) is 0 Å². The van der Waals surface area contributed by atoms with Crippen LogP contribution in [0, 0.1) is 5.92 Å². The molecule has 0 spiro atoms. The first-order valence-corrected chi connectivity index (χ1v) is 6.78. The lowest BCUT2D eigenvalue weighted by atomic mass is 9.99. The molecule has 0 aliphatic carbocycles. The Bertz CT molecular complexity index is 162. The molecule has 1 rings (SSSR count). The van der Waals surface area contributed by atoms with Crippen molar-refractivity contribution < 1.29 is 4.74 Å². The summed E-state index contributed by atoms with van der Waals surface area (Å²) in [5.41, 5.74) is 0. The van der Waals surface area contributed by atoms with Gasteiger partial charge in [0.25, 0.3) is 0 Å². The Morgan fingerprint density at radius 2 is 2.25 bits per heavy atom. The summed E-state index contributed by atoms with van der Waals surface area (Å²) in [6, 6.07) is 0. The van der Waals surface area contributed by atoms with E-state index in [2.05, 4.69) is 17.1 Å². The SMILES string of the molecule is CCCCNCCN1CCCC(COC)C1. The van der Waals surface area contributed by atoms with Crippen molar-refractivity contribution in [2.45, 2.75) is 32.6 Å². The van der Waals surface area contributed by atoms with Crippen LogP contribution in [-0.2, 0) is 4.74 Å². The van der Waals surface area contributed by atoms with Crippen molar-refractivity contribution in [2.75, 3.05) is 46.4 Å². The highest BCUT2D eigenvalue weighted by Crippen LogP contribution is 2.15. The fourth-order valence-electron chi connectivity index (χ4n) is 2.39. The number of nitrogens with zero attached hydrogens (tertiary/aromatic N) is 1. The first kappa shape index (κ1) is 13.9. The molecular weight excluding hydrogens is 200 g/mol. The zero-order chi connectivity index (χ0) is 11.6. The van der Waals surface area contributed by atoms with Crippen molar-refractivity contribution in [1.29, 1.82) is 0 Å². The van der Waals surface area contributed by atoms with Crippen LogP contribution in [-0.4, -0.2) is 51.3 Å². The number of nitrogens with one attached hydrogen (secondary N) is 1. The number of hydrogen-bond acceptors (Lipinski definition) is 3. The summed E-state index contributed by atoms with van der Waals surface area (Å²) < 4.78 is 5.24. The third kappa shape index (κ3) is 5.83. The van der Waals surface area contributed by atoms with Gasteiger partial charge < -0.3 is 15.0 Å². The van der Waals surface area contributed by atoms with Crippen molar-refractivity contribution in [3.8, 4) is 0 Å². The van der Waals surface area contributed by atoms with E-state index >= 15 is 0 Å². The molecule has 1 heterocycles. The number of hydrogen-bond donors (Lipinski definition) is 1. The lowest BCUT2D eigenvalue weighted by molar-refractivity contribution is 0.0911. The van der Waals surface area contributed by atoms with Crippen molar-refractivity contribution >= 4 is 0 Å². The van der Waals surface area contributed by atoms with E-state index in [1.54, 1.807) is 0 Å². The average Bonchev–Trinajstić information content (AvgIpc) is 2.30. The third-order valence-corrected chi connectivity index (χ3v) is 3.32. The van der Waals surface area contributed by atoms with Crippen LogP contribution in [0.25, 0.3) is 0 Å². The molecule has 0 amide bonds. The Labute approximate surface area is 101 Å². The van der Waals surface area contributed by atoms with Gasteiger partial charge in [0.2, 0.25) is 0 Å². The lowest BCUT2D eigenvalue weighted by Gasteiger charge is -2.32. The molecule has 1 atom stereocenters. The molecule has 96 valence electrons. The normalized spacial score (nSPS) is 22.5. The second kappa shape index (κ2) is 8.97. The summed E-state index contributed by atoms with van der Waals surface area (Å²) in [6.07, 6.45) is 5.26. The van der Waals surface area contributed by atoms with Crippen molar-refractivity contribution in [1.82, 2.24) is 10.2 Å². The smallest absolute Gasteiger partial charge is 0.0502 e. The molecule has 0 aromatic heterocycles. The Morgan fingerprint density at radius 1 is 1.38 bits per heavy atom. The van der Waals surface area contributed by atoms with Crippen LogP contribution in [0.5, 0.6) is 0 Å². The van der Waals surface area contributed by atoms with Crippen LogP contribution >= 0.6 is 0 Å². The van der Waals surface area contributed by atoms with Gasteiger partial charge in [-0.25, -0.2) is 0 Å². The second-order valence-electron chi connectivity index (χ2n) is 4.87. The molecule has 3 nitrogen and oxygen atoms in total. The van der Waals surface area contributed by atoms with Gasteiger partial charge in [0.1, 0.15) is 0 Å². The largest absolute Gasteiger partial charge is 0.384 e. The van der Waals surface area contributed by atoms with Gasteiger partial charge in [-0.3, -0.25) is 0 Å². The summed E-state index contributed by atoms with van der Waals surface area (Å²) in [5, 5.41) is 3.51. The minimum absolute atomic E-state index is 0.759. The van der Waals surface area contributed by atoms with E-state index in [1.807, 2.05) is 7.11 Å². The molecule has 16 heavy (non-hydrogen) atoms. The van der Waals surface area contributed by atoms with Crippen LogP contribution in [0.3, 0.4) is 0 Å². The molecule has 0 aromatic rings. The van der Waals surface area contributed by atoms with Gasteiger partial charge in [0.05, 0.1) is 6.61 Å². The Balaban J connectivity index is 2.02. The molecule has 0 radical (unpaired) electrons. The average molecular weight is 228 g/mol. The Morgan fingerprint density at radius 3 is 3.00 bits per heavy atom. The standard InChI is InChI=1S/C13H28N2O/c1-3-4-7-14-8-10-15-9-5-6-13(11-15)12-16-2/h13-14H,3-12H2,1-2H3. The Hall–Kier alpha value is -0.120. The molecule has 0 bridgehead atoms. The molecule has 0 aromatic carbocycles. The molecular formula is C13H28N2O. The summed E-state index contributed by atoms with van der Waals surface area (Å²) in [6.45, 7) is 9.18. The maximum atomic E-state index is 5.24. The minimum Gasteiger partial charge on any atom is -0.384 e. The zero-order valence-corrected chi connectivity index (χ0v) is 11.0. The number of likely N-dealkylation sites (tertiary alicyclic amines) is 1. The van der Waals surface area contributed by atoms with E-state index in [-0.39, 0.29) is 0 Å². The topological polar surface area (TPSA) is 24.5 Å². The van der Waals surface area contributed by atoms with Gasteiger partial charge >= 0.3 is 0 Å². The highest BCUT2D eigenvalue weighted by molar-refractivity contribution is 4.73. The molecule has 0 saturated carbocycles. The molecule has 1 aliphatic rings. The maximum Gasteiger partial charge on any atom is 0.0502 e. The highest BCUT2D eigenvalue weighted by atomic mass is 16.5. The van der Waals surface area contributed by atoms with Gasteiger partial charge in [0, 0.05) is 26.7 Å². The fourth-order valence-corrected chi connectivity index (χ4v) is 2.39. The van der Waals surface area contributed by atoms with Crippen molar-refractivity contribution in [3.05, 3.63) is 0 Å². The number of methoxy groups -OCH3 is 1. The highest BCUT2D eigenvalue weighted by Gasteiger charge is 2.18. The summed E-state index contributed by atoms with van der Waals surface area (Å²) in [5.74, 6) is 0.759. The predicted octanol–water partition coefficient (Wildman–Crippen LogP) is 1.73. The minimum atomic E-state index is 0.759. The molecule has 1 N–H and O–H groups in total. The maximum absolute atomic E-state index is 5.24. The van der Waals surface area contributed by atoms with Gasteiger partial charge in [-0.05, 0) is 38.3 Å². The van der Waals surface area contributed by atoms with Gasteiger partial charge in [-0.15, -0.1) is 0 Å². The van der Waals surface area contributed by atoms with Crippen LogP contribution < -0.4 is 5.32 Å². The van der Waals surface area contributed by atoms with E-state index in [1.165, 1.54) is 51.9 Å². The molecule has 1 fully saturated rings. The first-order chi connectivity index (χ1) is 7.86. The quantitative estimate of drug-likeness (QED) is 0.640. The number of piperidine rings is 1. The summed E-state index contributed by atoms with van der Waals surface area (Å²) >= 11 is 0. The zero-order valence-electron chi connectivity index (χ0n) is 11.0. The molecule has 3 heteroatoms. The van der Waals surface area contributed by atoms with E-state index in [0.717, 1.165) is 19.1 Å². The fraction of sp³-hybridized carbons (Fsp3) is 1.00. The first-order valence-electron chi connectivity index (χ1n) is 6.78. The Kier molecular flexibility index (Phi) is 7.81. The molecule has 1 unspecified atom stereocenters. The lowest BCUT2D eigenvalue weighted by Crippen LogP contribution is -2.40. The van der Waals surface area contributed by atoms with Crippen LogP contribution in [0.1, 0.15) is 32.6 Å². The van der Waals surface area contributed by atoms with Crippen molar-refractivity contribution in [3.63, 3.8) is 0 Å². The van der Waals surface area contributed by atoms with Crippen LogP contribution in [0.2, 0.25) is 0 Å². The van der Waals surface area contributed by atoms with Gasteiger partial charge in [0.15, 0.2) is 0 Å². The third-order valence-electron chi connectivity index (χ3n) is 3.32. The molecule has 1 aliphatic heterocycles. The summed E-state index contributed by atoms with van der Waals surface area (Å²) in [4.78, 5) is 2.58. The number of unbranched alkanes of at least 4 members (excludes halogenated alkanes) is 1.